The maximum Gasteiger partial charge on any atom is 0.235 e. The summed E-state index contributed by atoms with van der Waals surface area (Å²) >= 11 is 1.43. The van der Waals surface area contributed by atoms with Gasteiger partial charge in [-0.2, -0.15) is 0 Å². The van der Waals surface area contributed by atoms with Crippen LogP contribution in [0.5, 0.6) is 0 Å². The predicted molar refractivity (Wildman–Crippen MR) is 103 cm³/mol. The summed E-state index contributed by atoms with van der Waals surface area (Å²) < 4.78 is 25.6. The SMILES string of the molecule is O=S1(=O)CCCN1c1cccc(CNc2nnc(-c3ccccn3)s2)c1. The number of rotatable bonds is 5. The lowest BCUT2D eigenvalue weighted by atomic mass is 10.2. The van der Waals surface area contributed by atoms with Gasteiger partial charge in [0, 0.05) is 19.3 Å². The molecule has 0 spiro atoms. The first kappa shape index (κ1) is 16.9. The van der Waals surface area contributed by atoms with E-state index in [0.717, 1.165) is 16.3 Å². The minimum absolute atomic E-state index is 0.219. The van der Waals surface area contributed by atoms with Crippen molar-refractivity contribution in [2.45, 2.75) is 13.0 Å². The fourth-order valence-electron chi connectivity index (χ4n) is 2.82. The number of hydrogen-bond donors (Lipinski definition) is 1. The molecule has 134 valence electrons. The molecule has 3 aromatic rings. The second-order valence-corrected chi connectivity index (χ2v) is 8.88. The van der Waals surface area contributed by atoms with Crippen molar-refractivity contribution >= 4 is 32.2 Å². The first-order valence-corrected chi connectivity index (χ1v) is 10.6. The third kappa shape index (κ3) is 3.54. The monoisotopic (exact) mass is 387 g/mol. The van der Waals surface area contributed by atoms with E-state index in [1.165, 1.54) is 15.6 Å². The van der Waals surface area contributed by atoms with E-state index in [9.17, 15) is 8.42 Å². The van der Waals surface area contributed by atoms with E-state index in [2.05, 4.69) is 20.5 Å². The second-order valence-electron chi connectivity index (χ2n) is 5.89. The van der Waals surface area contributed by atoms with Crippen molar-refractivity contribution in [3.63, 3.8) is 0 Å². The zero-order chi connectivity index (χ0) is 18.0. The Morgan fingerprint density at radius 1 is 1.15 bits per heavy atom. The van der Waals surface area contributed by atoms with Gasteiger partial charge in [0.1, 0.15) is 5.69 Å². The molecule has 2 aromatic heterocycles. The van der Waals surface area contributed by atoms with Gasteiger partial charge in [-0.3, -0.25) is 9.29 Å². The zero-order valence-corrected chi connectivity index (χ0v) is 15.5. The molecule has 0 atom stereocenters. The lowest BCUT2D eigenvalue weighted by Crippen LogP contribution is -2.25. The minimum atomic E-state index is -3.17. The molecular formula is C17H17N5O2S2. The zero-order valence-electron chi connectivity index (χ0n) is 13.9. The van der Waals surface area contributed by atoms with Crippen LogP contribution in [0.3, 0.4) is 0 Å². The first-order chi connectivity index (χ1) is 12.6. The standard InChI is InChI=1S/C17H17N5O2S2/c23-26(24)10-4-9-22(26)14-6-3-5-13(11-14)12-19-17-21-20-16(25-17)15-7-1-2-8-18-15/h1-3,5-8,11H,4,9-10,12H2,(H,19,21). The number of pyridine rings is 1. The van der Waals surface area contributed by atoms with Crippen molar-refractivity contribution < 1.29 is 8.42 Å². The molecule has 1 aliphatic rings. The lowest BCUT2D eigenvalue weighted by molar-refractivity contribution is 0.599. The van der Waals surface area contributed by atoms with Gasteiger partial charge in [0.05, 0.1) is 11.4 Å². The van der Waals surface area contributed by atoms with Crippen molar-refractivity contribution in [1.29, 1.82) is 0 Å². The predicted octanol–water partition coefficient (Wildman–Crippen LogP) is 2.75. The second kappa shape index (κ2) is 7.00. The number of hydrogen-bond acceptors (Lipinski definition) is 7. The van der Waals surface area contributed by atoms with E-state index < -0.39 is 10.0 Å². The molecule has 4 rings (SSSR count). The number of aromatic nitrogens is 3. The molecule has 0 aliphatic carbocycles. The average Bonchev–Trinajstić information content (AvgIpc) is 3.27. The van der Waals surface area contributed by atoms with Crippen LogP contribution >= 0.6 is 11.3 Å². The van der Waals surface area contributed by atoms with Crippen LogP contribution in [0.1, 0.15) is 12.0 Å². The molecule has 1 aliphatic heterocycles. The van der Waals surface area contributed by atoms with Crippen LogP contribution in [0, 0.1) is 0 Å². The van der Waals surface area contributed by atoms with Crippen molar-refractivity contribution in [3.8, 4) is 10.7 Å². The summed E-state index contributed by atoms with van der Waals surface area (Å²) in [7, 11) is -3.17. The Labute approximate surface area is 155 Å². The van der Waals surface area contributed by atoms with Gasteiger partial charge in [-0.25, -0.2) is 8.42 Å². The van der Waals surface area contributed by atoms with Crippen LogP contribution in [0.15, 0.2) is 48.7 Å². The third-order valence-electron chi connectivity index (χ3n) is 4.05. The Hall–Kier alpha value is -2.52. The Morgan fingerprint density at radius 2 is 2.08 bits per heavy atom. The van der Waals surface area contributed by atoms with Crippen LogP contribution in [-0.2, 0) is 16.6 Å². The van der Waals surface area contributed by atoms with E-state index in [1.54, 1.807) is 6.20 Å². The fraction of sp³-hybridized carbons (Fsp3) is 0.235. The van der Waals surface area contributed by atoms with Gasteiger partial charge < -0.3 is 5.32 Å². The molecule has 1 fully saturated rings. The van der Waals surface area contributed by atoms with E-state index in [0.29, 0.717) is 30.3 Å². The molecule has 0 bridgehead atoms. The summed E-state index contributed by atoms with van der Waals surface area (Å²) in [5, 5.41) is 13.0. The molecule has 0 saturated carbocycles. The van der Waals surface area contributed by atoms with Gasteiger partial charge in [0.25, 0.3) is 0 Å². The molecule has 0 amide bonds. The van der Waals surface area contributed by atoms with Crippen molar-refractivity contribution in [2.24, 2.45) is 0 Å². The van der Waals surface area contributed by atoms with E-state index in [4.69, 9.17) is 0 Å². The van der Waals surface area contributed by atoms with Gasteiger partial charge in [0.2, 0.25) is 15.2 Å². The Kier molecular flexibility index (Phi) is 4.56. The largest absolute Gasteiger partial charge is 0.356 e. The Morgan fingerprint density at radius 3 is 2.85 bits per heavy atom. The molecule has 1 saturated heterocycles. The summed E-state index contributed by atoms with van der Waals surface area (Å²) in [5.41, 5.74) is 2.49. The smallest absolute Gasteiger partial charge is 0.235 e. The van der Waals surface area contributed by atoms with Crippen molar-refractivity contribution in [1.82, 2.24) is 15.2 Å². The van der Waals surface area contributed by atoms with E-state index in [-0.39, 0.29) is 5.75 Å². The molecule has 0 unspecified atom stereocenters. The normalized spacial score (nSPS) is 15.9. The topological polar surface area (TPSA) is 88.1 Å². The van der Waals surface area contributed by atoms with Gasteiger partial charge in [-0.15, -0.1) is 10.2 Å². The molecule has 26 heavy (non-hydrogen) atoms. The van der Waals surface area contributed by atoms with Gasteiger partial charge >= 0.3 is 0 Å². The number of nitrogens with zero attached hydrogens (tertiary/aromatic N) is 4. The number of nitrogens with one attached hydrogen (secondary N) is 1. The van der Waals surface area contributed by atoms with Crippen LogP contribution in [0.2, 0.25) is 0 Å². The van der Waals surface area contributed by atoms with Crippen LogP contribution in [0.25, 0.3) is 10.7 Å². The van der Waals surface area contributed by atoms with Gasteiger partial charge in [-0.1, -0.05) is 29.5 Å². The summed E-state index contributed by atoms with van der Waals surface area (Å²) in [6, 6.07) is 13.2. The number of anilines is 2. The maximum atomic E-state index is 12.1. The van der Waals surface area contributed by atoms with Gasteiger partial charge in [0.15, 0.2) is 5.01 Å². The van der Waals surface area contributed by atoms with Crippen molar-refractivity contribution in [3.05, 3.63) is 54.2 Å². The molecule has 7 nitrogen and oxygen atoms in total. The molecule has 3 heterocycles. The minimum Gasteiger partial charge on any atom is -0.356 e. The van der Waals surface area contributed by atoms with E-state index >= 15 is 0 Å². The summed E-state index contributed by atoms with van der Waals surface area (Å²) in [4.78, 5) is 4.27. The highest BCUT2D eigenvalue weighted by Gasteiger charge is 2.28. The highest BCUT2D eigenvalue weighted by atomic mass is 32.2. The van der Waals surface area contributed by atoms with Crippen LogP contribution in [-0.4, -0.2) is 35.9 Å². The number of sulfonamides is 1. The van der Waals surface area contributed by atoms with Crippen LogP contribution in [0.4, 0.5) is 10.8 Å². The fourth-order valence-corrected chi connectivity index (χ4v) is 5.09. The average molecular weight is 387 g/mol. The van der Waals surface area contributed by atoms with Crippen molar-refractivity contribution in [2.75, 3.05) is 21.9 Å². The highest BCUT2D eigenvalue weighted by Crippen LogP contribution is 2.27. The number of benzene rings is 1. The quantitative estimate of drug-likeness (QED) is 0.724. The first-order valence-electron chi connectivity index (χ1n) is 8.20. The molecule has 0 radical (unpaired) electrons. The molecule has 9 heteroatoms. The summed E-state index contributed by atoms with van der Waals surface area (Å²) in [6.07, 6.45) is 2.40. The maximum absolute atomic E-state index is 12.1. The Bertz CT molecular complexity index is 1000. The van der Waals surface area contributed by atoms with Gasteiger partial charge in [-0.05, 0) is 36.2 Å². The van der Waals surface area contributed by atoms with Crippen LogP contribution < -0.4 is 9.62 Å². The molecule has 1 aromatic carbocycles. The summed E-state index contributed by atoms with van der Waals surface area (Å²) in [5.74, 6) is 0.219. The van der Waals surface area contributed by atoms with E-state index in [1.807, 2.05) is 42.5 Å². The lowest BCUT2D eigenvalue weighted by Gasteiger charge is -2.17. The molecular weight excluding hydrogens is 370 g/mol. The third-order valence-corrected chi connectivity index (χ3v) is 6.82. The summed E-state index contributed by atoms with van der Waals surface area (Å²) in [6.45, 7) is 1.08. The molecule has 1 N–H and O–H groups in total. The Balaban J connectivity index is 1.46. The highest BCUT2D eigenvalue weighted by molar-refractivity contribution is 7.93.